The van der Waals surface area contributed by atoms with Gasteiger partial charge in [-0.25, -0.2) is 13.2 Å². The minimum atomic E-state index is -3.61. The van der Waals surface area contributed by atoms with Gasteiger partial charge in [-0.3, -0.25) is 14.6 Å². The van der Waals surface area contributed by atoms with Crippen LogP contribution in [0.5, 0.6) is 17.2 Å². The number of carbonyl (C=O) groups excluding carboxylic acids is 1. The molecule has 5 rings (SSSR count). The van der Waals surface area contributed by atoms with E-state index in [2.05, 4.69) is 44.2 Å². The minimum absolute atomic E-state index is 0.200. The van der Waals surface area contributed by atoms with Crippen LogP contribution in [0.2, 0.25) is 0 Å². The minimum Gasteiger partial charge on any atom is -0.492 e. The Kier molecular flexibility index (Phi) is 9.94. The molecule has 0 saturated carbocycles. The Morgan fingerprint density at radius 1 is 1.00 bits per heavy atom. The number of ether oxygens (including phenoxy) is 2. The van der Waals surface area contributed by atoms with E-state index in [9.17, 15) is 13.2 Å². The second-order valence-corrected chi connectivity index (χ2v) is 14.9. The Morgan fingerprint density at radius 3 is 2.36 bits per heavy atom. The predicted octanol–water partition coefficient (Wildman–Crippen LogP) is 6.48. The van der Waals surface area contributed by atoms with E-state index >= 15 is 0 Å². The van der Waals surface area contributed by atoms with Gasteiger partial charge in [0.15, 0.2) is 5.75 Å². The standard InChI is InChI=1S/C35H44N6O5S/c1-35(2,3)23-18-30(33(45-6)31(19-23)39-47(7,43)44)38-34(42)37-29-12-13-32(28-11-9-8-10-27(28)29)46-26-14-16-36-24(20-26)21-41-17-15-25(22-41)40(4)5/h8-14,16,18-20,25,39H,15,17,21-22H2,1-7H3,(H2,37,38,42). The van der Waals surface area contributed by atoms with Crippen molar-refractivity contribution >= 4 is 43.9 Å². The molecule has 0 spiro atoms. The summed E-state index contributed by atoms with van der Waals surface area (Å²) in [4.78, 5) is 22.7. The number of urea groups is 1. The zero-order valence-corrected chi connectivity index (χ0v) is 28.9. The van der Waals surface area contributed by atoms with Crippen LogP contribution in [0.4, 0.5) is 21.9 Å². The SMILES string of the molecule is COc1c(NC(=O)Nc2ccc(Oc3ccnc(CN4CCC(N(C)C)C4)c3)c3ccccc23)cc(C(C)(C)C)cc1NS(C)(=O)=O. The molecule has 1 aliphatic rings. The lowest BCUT2D eigenvalue weighted by atomic mass is 9.86. The summed E-state index contributed by atoms with van der Waals surface area (Å²) in [6.45, 7) is 8.81. The first-order valence-electron chi connectivity index (χ1n) is 15.5. The van der Waals surface area contributed by atoms with Crippen molar-refractivity contribution in [1.29, 1.82) is 0 Å². The number of hydrogen-bond acceptors (Lipinski definition) is 8. The number of benzene rings is 3. The lowest BCUT2D eigenvalue weighted by Crippen LogP contribution is -2.31. The largest absolute Gasteiger partial charge is 0.492 e. The van der Waals surface area contributed by atoms with Crippen molar-refractivity contribution in [2.45, 2.75) is 45.2 Å². The predicted molar refractivity (Wildman–Crippen MR) is 188 cm³/mol. The monoisotopic (exact) mass is 660 g/mol. The first-order chi connectivity index (χ1) is 22.2. The van der Waals surface area contributed by atoms with Crippen LogP contribution < -0.4 is 24.8 Å². The zero-order valence-electron chi connectivity index (χ0n) is 28.0. The Hall–Kier alpha value is -4.39. The van der Waals surface area contributed by atoms with Gasteiger partial charge >= 0.3 is 6.03 Å². The number of pyridine rings is 1. The van der Waals surface area contributed by atoms with Crippen LogP contribution in [0, 0.1) is 0 Å². The van der Waals surface area contributed by atoms with Gasteiger partial charge in [-0.2, -0.15) is 0 Å². The molecule has 12 heteroatoms. The third-order valence-corrected chi connectivity index (χ3v) is 8.80. The number of likely N-dealkylation sites (tertiary alicyclic amines) is 1. The number of nitrogens with one attached hydrogen (secondary N) is 3. The molecule has 0 radical (unpaired) electrons. The number of fused-ring (bicyclic) bond motifs is 1. The van der Waals surface area contributed by atoms with E-state index in [4.69, 9.17) is 9.47 Å². The molecule has 0 aliphatic carbocycles. The average molecular weight is 661 g/mol. The highest BCUT2D eigenvalue weighted by atomic mass is 32.2. The molecule has 2 heterocycles. The van der Waals surface area contributed by atoms with E-state index in [0.29, 0.717) is 28.9 Å². The third-order valence-electron chi connectivity index (χ3n) is 8.21. The fourth-order valence-electron chi connectivity index (χ4n) is 5.73. The van der Waals surface area contributed by atoms with Crippen LogP contribution in [0.3, 0.4) is 0 Å². The highest BCUT2D eigenvalue weighted by Gasteiger charge is 2.25. The fraction of sp³-hybridized carbons (Fsp3) is 0.371. The molecule has 47 heavy (non-hydrogen) atoms. The van der Waals surface area contributed by atoms with Crippen LogP contribution in [0.25, 0.3) is 10.8 Å². The first-order valence-corrected chi connectivity index (χ1v) is 17.4. The van der Waals surface area contributed by atoms with Gasteiger partial charge in [-0.1, -0.05) is 45.0 Å². The van der Waals surface area contributed by atoms with Gasteiger partial charge in [0.05, 0.1) is 36.1 Å². The molecule has 0 bridgehead atoms. The van der Waals surface area contributed by atoms with Crippen molar-refractivity contribution in [1.82, 2.24) is 14.8 Å². The molecule has 1 saturated heterocycles. The molecule has 2 amide bonds. The van der Waals surface area contributed by atoms with Crippen LogP contribution in [-0.2, 0) is 22.0 Å². The molecule has 1 aliphatic heterocycles. The number of methoxy groups -OCH3 is 1. The van der Waals surface area contributed by atoms with Gasteiger partial charge in [0.2, 0.25) is 10.0 Å². The molecule has 4 aromatic rings. The van der Waals surface area contributed by atoms with E-state index in [1.165, 1.54) is 7.11 Å². The van der Waals surface area contributed by atoms with Crippen LogP contribution in [0.1, 0.15) is 38.4 Å². The van der Waals surface area contributed by atoms with Gasteiger partial charge < -0.3 is 25.0 Å². The molecule has 3 aromatic carbocycles. The molecule has 1 atom stereocenters. The van der Waals surface area contributed by atoms with E-state index in [1.807, 2.05) is 63.2 Å². The summed E-state index contributed by atoms with van der Waals surface area (Å²) in [5.41, 5.74) is 2.56. The molecular weight excluding hydrogens is 616 g/mol. The van der Waals surface area contributed by atoms with Crippen molar-refractivity contribution in [3.8, 4) is 17.2 Å². The Morgan fingerprint density at radius 2 is 1.70 bits per heavy atom. The molecule has 1 fully saturated rings. The summed E-state index contributed by atoms with van der Waals surface area (Å²) in [6, 6.07) is 18.7. The summed E-state index contributed by atoms with van der Waals surface area (Å²) < 4.78 is 38.6. The van der Waals surface area contributed by atoms with Gasteiger partial charge in [0.25, 0.3) is 0 Å². The molecule has 1 aromatic heterocycles. The lowest BCUT2D eigenvalue weighted by molar-refractivity contribution is 0.262. The van der Waals surface area contributed by atoms with Gasteiger partial charge in [0, 0.05) is 48.7 Å². The normalized spacial score (nSPS) is 15.5. The molecule has 11 nitrogen and oxygen atoms in total. The number of hydrogen-bond donors (Lipinski definition) is 3. The second kappa shape index (κ2) is 13.8. The van der Waals surface area contributed by atoms with Gasteiger partial charge in [-0.05, 0) is 61.8 Å². The number of amides is 2. The van der Waals surface area contributed by atoms with Gasteiger partial charge in [-0.15, -0.1) is 0 Å². The van der Waals surface area contributed by atoms with E-state index in [-0.39, 0.29) is 16.9 Å². The summed E-state index contributed by atoms with van der Waals surface area (Å²) >= 11 is 0. The first kappa shape index (κ1) is 34.0. The lowest BCUT2D eigenvalue weighted by Gasteiger charge is -2.24. The van der Waals surface area contributed by atoms with Crippen molar-refractivity contribution in [2.75, 3.05) is 55.9 Å². The molecule has 3 N–H and O–H groups in total. The third kappa shape index (κ3) is 8.51. The quantitative estimate of drug-likeness (QED) is 0.177. The summed E-state index contributed by atoms with van der Waals surface area (Å²) in [7, 11) is 2.06. The topological polar surface area (TPSA) is 125 Å². The number of sulfonamides is 1. The highest BCUT2D eigenvalue weighted by Crippen LogP contribution is 2.40. The van der Waals surface area contributed by atoms with Crippen molar-refractivity contribution in [3.63, 3.8) is 0 Å². The van der Waals surface area contributed by atoms with Crippen LogP contribution in [-0.4, -0.2) is 75.8 Å². The van der Waals surface area contributed by atoms with E-state index in [0.717, 1.165) is 54.3 Å². The zero-order chi connectivity index (χ0) is 33.9. The number of rotatable bonds is 10. The van der Waals surface area contributed by atoms with Crippen molar-refractivity contribution < 1.29 is 22.7 Å². The Labute approximate surface area is 277 Å². The Bertz CT molecular complexity index is 1870. The maximum atomic E-state index is 13.4. The molecule has 1 unspecified atom stereocenters. The fourth-order valence-corrected chi connectivity index (χ4v) is 6.29. The number of nitrogens with zero attached hydrogens (tertiary/aromatic N) is 3. The number of likely N-dealkylation sites (N-methyl/N-ethyl adjacent to an activating group) is 1. The number of carbonyl (C=O) groups is 1. The summed E-state index contributed by atoms with van der Waals surface area (Å²) in [6.07, 6.45) is 3.98. The average Bonchev–Trinajstić information content (AvgIpc) is 3.46. The van der Waals surface area contributed by atoms with Gasteiger partial charge in [0.1, 0.15) is 11.5 Å². The summed E-state index contributed by atoms with van der Waals surface area (Å²) in [5, 5.41) is 7.41. The Balaban J connectivity index is 1.36. The van der Waals surface area contributed by atoms with Crippen molar-refractivity contribution in [3.05, 3.63) is 78.1 Å². The number of anilines is 3. The molecule has 250 valence electrons. The summed E-state index contributed by atoms with van der Waals surface area (Å²) in [5.74, 6) is 1.53. The maximum Gasteiger partial charge on any atom is 0.323 e. The van der Waals surface area contributed by atoms with Crippen LogP contribution in [0.15, 0.2) is 66.9 Å². The highest BCUT2D eigenvalue weighted by molar-refractivity contribution is 7.92. The van der Waals surface area contributed by atoms with Crippen LogP contribution >= 0.6 is 0 Å². The maximum absolute atomic E-state index is 13.4. The number of aromatic nitrogens is 1. The van der Waals surface area contributed by atoms with Crippen molar-refractivity contribution in [2.24, 2.45) is 0 Å². The van der Waals surface area contributed by atoms with E-state index < -0.39 is 16.1 Å². The van der Waals surface area contributed by atoms with E-state index in [1.54, 1.807) is 24.4 Å². The second-order valence-electron chi connectivity index (χ2n) is 13.2. The smallest absolute Gasteiger partial charge is 0.323 e. The molecular formula is C35H44N6O5S.